The predicted molar refractivity (Wildman–Crippen MR) is 105 cm³/mol. The van der Waals surface area contributed by atoms with Crippen LogP contribution in [0.15, 0.2) is 67.0 Å². The normalized spacial score (nSPS) is 10.2. The van der Waals surface area contributed by atoms with Gasteiger partial charge in [-0.25, -0.2) is 14.8 Å². The molecule has 142 valence electrons. The van der Waals surface area contributed by atoms with E-state index in [1.54, 1.807) is 36.2 Å². The Kier molecular flexibility index (Phi) is 5.96. The lowest BCUT2D eigenvalue weighted by atomic mass is 10.2. The number of aromatic nitrogens is 2. The van der Waals surface area contributed by atoms with E-state index < -0.39 is 5.97 Å². The number of nitrogens with zero attached hydrogens (tertiary/aromatic N) is 3. The van der Waals surface area contributed by atoms with Gasteiger partial charge in [-0.05, 0) is 29.8 Å². The molecule has 3 aromatic rings. The highest BCUT2D eigenvalue weighted by molar-refractivity contribution is 5.93. The number of ether oxygens (including phenoxy) is 1. The second-order valence-corrected chi connectivity index (χ2v) is 6.14. The number of nitrogens with one attached hydrogen (secondary N) is 1. The summed E-state index contributed by atoms with van der Waals surface area (Å²) < 4.78 is 4.67. The van der Waals surface area contributed by atoms with E-state index in [1.165, 1.54) is 19.5 Å². The molecular weight excluding hydrogens is 356 g/mol. The van der Waals surface area contributed by atoms with Gasteiger partial charge in [-0.1, -0.05) is 30.3 Å². The van der Waals surface area contributed by atoms with Crippen LogP contribution in [0.25, 0.3) is 0 Å². The third-order valence-electron chi connectivity index (χ3n) is 4.07. The van der Waals surface area contributed by atoms with Gasteiger partial charge >= 0.3 is 5.97 Å². The van der Waals surface area contributed by atoms with Gasteiger partial charge in [0.15, 0.2) is 0 Å². The zero-order valence-corrected chi connectivity index (χ0v) is 15.6. The average Bonchev–Trinajstić information content (AvgIpc) is 2.74. The van der Waals surface area contributed by atoms with Gasteiger partial charge in [-0.15, -0.1) is 0 Å². The summed E-state index contributed by atoms with van der Waals surface area (Å²) in [5.41, 5.74) is 2.63. The van der Waals surface area contributed by atoms with Gasteiger partial charge in [0.25, 0.3) is 5.91 Å². The van der Waals surface area contributed by atoms with E-state index in [9.17, 15) is 9.59 Å². The first-order valence-corrected chi connectivity index (χ1v) is 8.63. The molecule has 0 unspecified atom stereocenters. The van der Waals surface area contributed by atoms with Crippen molar-refractivity contribution in [2.24, 2.45) is 0 Å². The molecule has 1 aromatic heterocycles. The van der Waals surface area contributed by atoms with Crippen molar-refractivity contribution < 1.29 is 14.3 Å². The van der Waals surface area contributed by atoms with Crippen LogP contribution in [0.2, 0.25) is 0 Å². The van der Waals surface area contributed by atoms with Crippen LogP contribution >= 0.6 is 0 Å². The average molecular weight is 376 g/mol. The summed E-state index contributed by atoms with van der Waals surface area (Å²) >= 11 is 0. The number of esters is 1. The molecule has 0 atom stereocenters. The molecule has 0 saturated heterocycles. The molecule has 2 aromatic carbocycles. The van der Waals surface area contributed by atoms with E-state index in [-0.39, 0.29) is 5.91 Å². The van der Waals surface area contributed by atoms with Crippen LogP contribution in [0.5, 0.6) is 0 Å². The van der Waals surface area contributed by atoms with Gasteiger partial charge < -0.3 is 15.0 Å². The second-order valence-electron chi connectivity index (χ2n) is 6.14. The highest BCUT2D eigenvalue weighted by Gasteiger charge is 2.13. The fourth-order valence-corrected chi connectivity index (χ4v) is 2.59. The number of carbonyl (C=O) groups excluding carboxylic acids is 2. The van der Waals surface area contributed by atoms with Crippen LogP contribution in [-0.4, -0.2) is 40.9 Å². The summed E-state index contributed by atoms with van der Waals surface area (Å²) in [6, 6.07) is 16.5. The molecule has 0 aliphatic heterocycles. The van der Waals surface area contributed by atoms with Gasteiger partial charge in [-0.3, -0.25) is 4.79 Å². The molecule has 0 spiro atoms. The first-order chi connectivity index (χ1) is 13.6. The summed E-state index contributed by atoms with van der Waals surface area (Å²) in [6.07, 6.45) is 2.98. The Balaban J connectivity index is 1.62. The van der Waals surface area contributed by atoms with Crippen molar-refractivity contribution in [1.82, 2.24) is 14.9 Å². The number of rotatable bonds is 6. The molecule has 1 amide bonds. The Hall–Kier alpha value is -3.74. The zero-order valence-electron chi connectivity index (χ0n) is 15.6. The van der Waals surface area contributed by atoms with Crippen molar-refractivity contribution in [3.05, 3.63) is 83.7 Å². The van der Waals surface area contributed by atoms with Crippen molar-refractivity contribution in [3.63, 3.8) is 0 Å². The maximum absolute atomic E-state index is 12.5. The molecule has 0 fully saturated rings. The fourth-order valence-electron chi connectivity index (χ4n) is 2.59. The number of hydrogen-bond acceptors (Lipinski definition) is 6. The van der Waals surface area contributed by atoms with Gasteiger partial charge in [0.1, 0.15) is 0 Å². The first-order valence-electron chi connectivity index (χ1n) is 8.63. The molecule has 0 radical (unpaired) electrons. The third kappa shape index (κ3) is 4.70. The molecule has 0 aliphatic rings. The minimum atomic E-state index is -0.398. The van der Waals surface area contributed by atoms with Gasteiger partial charge in [0.05, 0.1) is 18.2 Å². The summed E-state index contributed by atoms with van der Waals surface area (Å²) in [4.78, 5) is 34.0. The molecule has 7 heteroatoms. The quantitative estimate of drug-likeness (QED) is 0.665. The molecule has 3 rings (SSSR count). The summed E-state index contributed by atoms with van der Waals surface area (Å²) in [5, 5.41) is 3.02. The van der Waals surface area contributed by atoms with E-state index in [0.717, 1.165) is 5.56 Å². The molecular formula is C21H20N4O3. The highest BCUT2D eigenvalue weighted by Crippen LogP contribution is 2.15. The van der Waals surface area contributed by atoms with Crippen LogP contribution in [0.1, 0.15) is 26.3 Å². The number of amides is 1. The summed E-state index contributed by atoms with van der Waals surface area (Å²) in [7, 11) is 3.08. The molecule has 0 saturated carbocycles. The monoisotopic (exact) mass is 376 g/mol. The van der Waals surface area contributed by atoms with Crippen LogP contribution in [0, 0.1) is 0 Å². The van der Waals surface area contributed by atoms with Crippen LogP contribution < -0.4 is 5.32 Å². The fraction of sp³-hybridized carbons (Fsp3) is 0.143. The van der Waals surface area contributed by atoms with E-state index in [4.69, 9.17) is 0 Å². The van der Waals surface area contributed by atoms with Crippen LogP contribution in [0.4, 0.5) is 11.6 Å². The summed E-state index contributed by atoms with van der Waals surface area (Å²) in [6.45, 7) is 0.506. The first kappa shape index (κ1) is 19.0. The minimum Gasteiger partial charge on any atom is -0.465 e. The van der Waals surface area contributed by atoms with E-state index in [0.29, 0.717) is 29.3 Å². The molecule has 0 aliphatic carbocycles. The number of methoxy groups -OCH3 is 1. The molecule has 1 heterocycles. The number of benzene rings is 2. The largest absolute Gasteiger partial charge is 0.465 e. The Labute approximate surface area is 163 Å². The van der Waals surface area contributed by atoms with Crippen molar-refractivity contribution in [2.75, 3.05) is 19.5 Å². The Morgan fingerprint density at radius 1 is 0.964 bits per heavy atom. The topological polar surface area (TPSA) is 84.4 Å². The minimum absolute atomic E-state index is 0.155. The maximum Gasteiger partial charge on any atom is 0.337 e. The summed E-state index contributed by atoms with van der Waals surface area (Å²) in [5.74, 6) is -0.198. The molecule has 28 heavy (non-hydrogen) atoms. The second kappa shape index (κ2) is 8.77. The maximum atomic E-state index is 12.5. The van der Waals surface area contributed by atoms with Crippen molar-refractivity contribution in [1.29, 1.82) is 0 Å². The Morgan fingerprint density at radius 3 is 2.21 bits per heavy atom. The molecule has 7 nitrogen and oxygen atoms in total. The lowest BCUT2D eigenvalue weighted by Gasteiger charge is -2.17. The third-order valence-corrected chi connectivity index (χ3v) is 4.07. The zero-order chi connectivity index (χ0) is 19.9. The Morgan fingerprint density at radius 2 is 1.61 bits per heavy atom. The lowest BCUT2D eigenvalue weighted by Crippen LogP contribution is -2.26. The van der Waals surface area contributed by atoms with Gasteiger partial charge in [-0.2, -0.15) is 0 Å². The number of carbonyl (C=O) groups is 2. The van der Waals surface area contributed by atoms with E-state index in [2.05, 4.69) is 20.0 Å². The molecule has 1 N–H and O–H groups in total. The standard InChI is InChI=1S/C21H20N4O3/c1-25(14-15-6-4-3-5-7-15)19(26)17-12-22-21(23-13-17)24-18-10-8-16(9-11-18)20(27)28-2/h3-13H,14H2,1-2H3,(H,22,23,24). The van der Waals surface area contributed by atoms with Gasteiger partial charge in [0.2, 0.25) is 5.95 Å². The van der Waals surface area contributed by atoms with E-state index in [1.807, 2.05) is 30.3 Å². The van der Waals surface area contributed by atoms with Crippen LogP contribution in [0.3, 0.4) is 0 Å². The lowest BCUT2D eigenvalue weighted by molar-refractivity contribution is 0.0600. The highest BCUT2D eigenvalue weighted by atomic mass is 16.5. The Bertz CT molecular complexity index is 942. The van der Waals surface area contributed by atoms with Crippen molar-refractivity contribution >= 4 is 23.5 Å². The predicted octanol–water partition coefficient (Wildman–Crippen LogP) is 3.28. The number of anilines is 2. The number of hydrogen-bond donors (Lipinski definition) is 1. The molecule has 0 bridgehead atoms. The van der Waals surface area contributed by atoms with Crippen LogP contribution in [-0.2, 0) is 11.3 Å². The van der Waals surface area contributed by atoms with E-state index >= 15 is 0 Å². The smallest absolute Gasteiger partial charge is 0.337 e. The SMILES string of the molecule is COC(=O)c1ccc(Nc2ncc(C(=O)N(C)Cc3ccccc3)cn2)cc1. The van der Waals surface area contributed by atoms with Crippen molar-refractivity contribution in [3.8, 4) is 0 Å². The van der Waals surface area contributed by atoms with Gasteiger partial charge in [0, 0.05) is 31.7 Å². The van der Waals surface area contributed by atoms with Crippen molar-refractivity contribution in [2.45, 2.75) is 6.54 Å².